The Labute approximate surface area is 79.3 Å². The number of aromatic nitrogens is 2. The summed E-state index contributed by atoms with van der Waals surface area (Å²) in [6.07, 6.45) is 4.55. The maximum absolute atomic E-state index is 4.46. The average molecular weight is 179 g/mol. The second-order valence-corrected chi connectivity index (χ2v) is 3.99. The summed E-state index contributed by atoms with van der Waals surface area (Å²) < 4.78 is 1.90. The van der Waals surface area contributed by atoms with Crippen molar-refractivity contribution in [1.29, 1.82) is 0 Å². The summed E-state index contributed by atoms with van der Waals surface area (Å²) in [6, 6.07) is 2.15. The van der Waals surface area contributed by atoms with Gasteiger partial charge in [-0.25, -0.2) is 0 Å². The average Bonchev–Trinajstić information content (AvgIpc) is 2.53. The van der Waals surface area contributed by atoms with Crippen molar-refractivity contribution in [2.45, 2.75) is 18.8 Å². The second kappa shape index (κ2) is 3.50. The molecule has 1 aromatic heterocycles. The highest BCUT2D eigenvalue weighted by molar-refractivity contribution is 5.07. The Morgan fingerprint density at radius 1 is 1.31 bits per heavy atom. The van der Waals surface area contributed by atoms with Crippen LogP contribution >= 0.6 is 0 Å². The lowest BCUT2D eigenvalue weighted by Gasteiger charge is -2.27. The fourth-order valence-electron chi connectivity index (χ4n) is 1.96. The number of likely N-dealkylation sites (tertiary alicyclic amines) is 1. The number of rotatable bonds is 1. The van der Waals surface area contributed by atoms with E-state index in [-0.39, 0.29) is 0 Å². The van der Waals surface area contributed by atoms with Gasteiger partial charge in [0.05, 0.1) is 5.69 Å². The lowest BCUT2D eigenvalue weighted by atomic mass is 9.94. The molecule has 3 nitrogen and oxygen atoms in total. The van der Waals surface area contributed by atoms with Gasteiger partial charge in [-0.2, -0.15) is 5.10 Å². The van der Waals surface area contributed by atoms with E-state index in [1.54, 1.807) is 0 Å². The van der Waals surface area contributed by atoms with E-state index in [9.17, 15) is 0 Å². The lowest BCUT2D eigenvalue weighted by molar-refractivity contribution is 0.253. The van der Waals surface area contributed by atoms with E-state index in [0.29, 0.717) is 5.92 Å². The molecule has 0 atom stereocenters. The zero-order chi connectivity index (χ0) is 9.26. The molecule has 0 bridgehead atoms. The number of nitrogens with zero attached hydrogens (tertiary/aromatic N) is 3. The molecule has 1 aromatic rings. The van der Waals surface area contributed by atoms with Crippen LogP contribution in [-0.4, -0.2) is 34.8 Å². The van der Waals surface area contributed by atoms with E-state index in [2.05, 4.69) is 23.1 Å². The van der Waals surface area contributed by atoms with E-state index in [1.807, 2.05) is 17.9 Å². The molecule has 0 amide bonds. The Hall–Kier alpha value is -0.830. The molecule has 3 heteroatoms. The third-order valence-corrected chi connectivity index (χ3v) is 2.87. The zero-order valence-corrected chi connectivity index (χ0v) is 8.40. The maximum atomic E-state index is 4.46. The van der Waals surface area contributed by atoms with Crippen molar-refractivity contribution in [3.63, 3.8) is 0 Å². The van der Waals surface area contributed by atoms with E-state index in [0.717, 1.165) is 0 Å². The first-order valence-electron chi connectivity index (χ1n) is 4.94. The molecule has 72 valence electrons. The summed E-state index contributed by atoms with van der Waals surface area (Å²) >= 11 is 0. The topological polar surface area (TPSA) is 21.1 Å². The Bertz CT molecular complexity index is 271. The third kappa shape index (κ3) is 1.91. The van der Waals surface area contributed by atoms with Crippen molar-refractivity contribution >= 4 is 0 Å². The summed E-state index contributed by atoms with van der Waals surface area (Å²) in [5.41, 5.74) is 1.27. The molecule has 1 saturated heterocycles. The van der Waals surface area contributed by atoms with Gasteiger partial charge in [-0.1, -0.05) is 0 Å². The molecule has 0 unspecified atom stereocenters. The van der Waals surface area contributed by atoms with Crippen LogP contribution in [0.15, 0.2) is 12.3 Å². The van der Waals surface area contributed by atoms with Crippen LogP contribution < -0.4 is 0 Å². The van der Waals surface area contributed by atoms with Crippen molar-refractivity contribution < 1.29 is 0 Å². The highest BCUT2D eigenvalue weighted by Crippen LogP contribution is 2.25. The first kappa shape index (κ1) is 8.75. The maximum Gasteiger partial charge on any atom is 0.0656 e. The van der Waals surface area contributed by atoms with Gasteiger partial charge in [0.25, 0.3) is 0 Å². The lowest BCUT2D eigenvalue weighted by Crippen LogP contribution is -2.29. The number of hydrogen-bond donors (Lipinski definition) is 0. The summed E-state index contributed by atoms with van der Waals surface area (Å²) in [5, 5.41) is 4.46. The fraction of sp³-hybridized carbons (Fsp3) is 0.700. The van der Waals surface area contributed by atoms with Crippen LogP contribution in [0.1, 0.15) is 24.5 Å². The Morgan fingerprint density at radius 2 is 2.00 bits per heavy atom. The number of hydrogen-bond acceptors (Lipinski definition) is 2. The Kier molecular flexibility index (Phi) is 2.36. The summed E-state index contributed by atoms with van der Waals surface area (Å²) in [7, 11) is 4.17. The van der Waals surface area contributed by atoms with Gasteiger partial charge in [-0.05, 0) is 39.0 Å². The molecule has 1 fully saturated rings. The normalized spacial score (nSPS) is 20.8. The van der Waals surface area contributed by atoms with Gasteiger partial charge in [-0.3, -0.25) is 4.68 Å². The molecule has 0 aliphatic carbocycles. The first-order valence-corrected chi connectivity index (χ1v) is 4.94. The van der Waals surface area contributed by atoms with Crippen molar-refractivity contribution in [3.05, 3.63) is 18.0 Å². The predicted octanol–water partition coefficient (Wildman–Crippen LogP) is 1.23. The standard InChI is InChI=1S/C10H17N3/c1-12-6-3-9(4-7-12)10-5-8-13(2)11-10/h5,8-9H,3-4,6-7H2,1-2H3. The summed E-state index contributed by atoms with van der Waals surface area (Å²) in [4.78, 5) is 2.39. The van der Waals surface area contributed by atoms with Gasteiger partial charge < -0.3 is 4.90 Å². The van der Waals surface area contributed by atoms with Gasteiger partial charge in [0.2, 0.25) is 0 Å². The van der Waals surface area contributed by atoms with Crippen LogP contribution in [0.2, 0.25) is 0 Å². The van der Waals surface area contributed by atoms with E-state index >= 15 is 0 Å². The van der Waals surface area contributed by atoms with Crippen molar-refractivity contribution in [1.82, 2.24) is 14.7 Å². The number of piperidine rings is 1. The van der Waals surface area contributed by atoms with Gasteiger partial charge >= 0.3 is 0 Å². The minimum atomic E-state index is 0.692. The Balaban J connectivity index is 2.02. The fourth-order valence-corrected chi connectivity index (χ4v) is 1.96. The van der Waals surface area contributed by atoms with Crippen molar-refractivity contribution in [2.75, 3.05) is 20.1 Å². The third-order valence-electron chi connectivity index (χ3n) is 2.87. The number of aryl methyl sites for hydroxylation is 1. The minimum Gasteiger partial charge on any atom is -0.306 e. The summed E-state index contributed by atoms with van der Waals surface area (Å²) in [6.45, 7) is 2.42. The molecule has 1 aliphatic rings. The van der Waals surface area contributed by atoms with Crippen LogP contribution in [0, 0.1) is 0 Å². The van der Waals surface area contributed by atoms with Crippen LogP contribution in [0.25, 0.3) is 0 Å². The molecule has 2 heterocycles. The van der Waals surface area contributed by atoms with Crippen molar-refractivity contribution in [2.24, 2.45) is 7.05 Å². The molecule has 1 aliphatic heterocycles. The molecule has 0 spiro atoms. The van der Waals surface area contributed by atoms with Crippen LogP contribution in [0.5, 0.6) is 0 Å². The molecule has 0 radical (unpaired) electrons. The molecule has 2 rings (SSSR count). The zero-order valence-electron chi connectivity index (χ0n) is 8.40. The summed E-state index contributed by atoms with van der Waals surface area (Å²) in [5.74, 6) is 0.692. The van der Waals surface area contributed by atoms with Crippen molar-refractivity contribution in [3.8, 4) is 0 Å². The highest BCUT2D eigenvalue weighted by atomic mass is 15.2. The van der Waals surface area contributed by atoms with Gasteiger partial charge in [-0.15, -0.1) is 0 Å². The Morgan fingerprint density at radius 3 is 2.54 bits per heavy atom. The van der Waals surface area contributed by atoms with Crippen LogP contribution in [-0.2, 0) is 7.05 Å². The largest absolute Gasteiger partial charge is 0.306 e. The molecule has 0 saturated carbocycles. The molecule has 0 aromatic carbocycles. The molecular weight excluding hydrogens is 162 g/mol. The van der Waals surface area contributed by atoms with Gasteiger partial charge in [0.15, 0.2) is 0 Å². The predicted molar refractivity (Wildman–Crippen MR) is 52.7 cm³/mol. The highest BCUT2D eigenvalue weighted by Gasteiger charge is 2.19. The smallest absolute Gasteiger partial charge is 0.0656 e. The second-order valence-electron chi connectivity index (χ2n) is 3.99. The molecule has 0 N–H and O–H groups in total. The van der Waals surface area contributed by atoms with E-state index in [1.165, 1.54) is 31.6 Å². The molecule has 13 heavy (non-hydrogen) atoms. The quantitative estimate of drug-likeness (QED) is 0.646. The van der Waals surface area contributed by atoms with Crippen LogP contribution in [0.4, 0.5) is 0 Å². The monoisotopic (exact) mass is 179 g/mol. The van der Waals surface area contributed by atoms with E-state index < -0.39 is 0 Å². The molecular formula is C10H17N3. The van der Waals surface area contributed by atoms with Gasteiger partial charge in [0, 0.05) is 19.2 Å². The first-order chi connectivity index (χ1) is 6.25. The minimum absolute atomic E-state index is 0.692. The van der Waals surface area contributed by atoms with Crippen LogP contribution in [0.3, 0.4) is 0 Å². The van der Waals surface area contributed by atoms with Gasteiger partial charge in [0.1, 0.15) is 0 Å². The van der Waals surface area contributed by atoms with E-state index in [4.69, 9.17) is 0 Å². The SMILES string of the molecule is CN1CCC(c2ccn(C)n2)CC1.